The van der Waals surface area contributed by atoms with Crippen LogP contribution < -0.4 is 10.2 Å². The first-order valence-electron chi connectivity index (χ1n) is 9.48. The lowest BCUT2D eigenvalue weighted by Gasteiger charge is -2.14. The van der Waals surface area contributed by atoms with Gasteiger partial charge in [-0.3, -0.25) is 14.4 Å². The number of benzene rings is 2. The number of ether oxygens (including phenoxy) is 1. The minimum Gasteiger partial charge on any atom is -0.447 e. The fourth-order valence-corrected chi connectivity index (χ4v) is 3.39. The van der Waals surface area contributed by atoms with Gasteiger partial charge in [0.2, 0.25) is 0 Å². The standard InChI is InChI=1S/C22H22N4O3/c1-25-20(13-16-6-3-2-4-7-16)19(15-24-25)21(27)23-14-17-8-5-9-18(12-17)26-10-11-29-22(26)28/h2-9,12,15H,10-11,13-14H2,1H3,(H,23,27). The van der Waals surface area contributed by atoms with Crippen molar-refractivity contribution in [1.82, 2.24) is 15.1 Å². The van der Waals surface area contributed by atoms with E-state index in [-0.39, 0.29) is 12.0 Å². The van der Waals surface area contributed by atoms with Gasteiger partial charge in [-0.1, -0.05) is 42.5 Å². The van der Waals surface area contributed by atoms with E-state index in [1.165, 1.54) is 0 Å². The molecule has 2 heterocycles. The molecule has 1 N–H and O–H groups in total. The third-order valence-corrected chi connectivity index (χ3v) is 4.96. The van der Waals surface area contributed by atoms with Gasteiger partial charge in [-0.15, -0.1) is 0 Å². The lowest BCUT2D eigenvalue weighted by atomic mass is 10.1. The Morgan fingerprint density at radius 3 is 2.69 bits per heavy atom. The van der Waals surface area contributed by atoms with E-state index in [0.29, 0.717) is 31.7 Å². The fraction of sp³-hybridized carbons (Fsp3) is 0.227. The first kappa shape index (κ1) is 18.7. The van der Waals surface area contributed by atoms with Crippen LogP contribution in [-0.4, -0.2) is 34.9 Å². The Balaban J connectivity index is 1.45. The molecule has 1 aromatic heterocycles. The van der Waals surface area contributed by atoms with Gasteiger partial charge in [-0.05, 0) is 23.3 Å². The van der Waals surface area contributed by atoms with Gasteiger partial charge < -0.3 is 10.1 Å². The average molecular weight is 390 g/mol. The van der Waals surface area contributed by atoms with Gasteiger partial charge in [-0.25, -0.2) is 4.79 Å². The quantitative estimate of drug-likeness (QED) is 0.702. The number of amides is 2. The molecular weight excluding hydrogens is 368 g/mol. The second kappa shape index (κ2) is 8.18. The minimum atomic E-state index is -0.341. The fourth-order valence-electron chi connectivity index (χ4n) is 3.39. The Labute approximate surface area is 168 Å². The lowest BCUT2D eigenvalue weighted by molar-refractivity contribution is 0.0950. The van der Waals surface area contributed by atoms with Gasteiger partial charge in [0.1, 0.15) is 6.61 Å². The molecule has 3 aromatic rings. The maximum Gasteiger partial charge on any atom is 0.414 e. The molecule has 0 aliphatic carbocycles. The highest BCUT2D eigenvalue weighted by atomic mass is 16.6. The number of aromatic nitrogens is 2. The third kappa shape index (κ3) is 4.13. The number of nitrogens with one attached hydrogen (secondary N) is 1. The number of cyclic esters (lactones) is 1. The summed E-state index contributed by atoms with van der Waals surface area (Å²) in [5.74, 6) is -0.171. The Kier molecular flexibility index (Phi) is 5.29. The topological polar surface area (TPSA) is 76.5 Å². The van der Waals surface area contributed by atoms with E-state index < -0.39 is 0 Å². The molecule has 2 amide bonds. The molecule has 0 radical (unpaired) electrons. The summed E-state index contributed by atoms with van der Waals surface area (Å²) in [6.07, 6.45) is 1.89. The van der Waals surface area contributed by atoms with Crippen molar-refractivity contribution in [1.29, 1.82) is 0 Å². The van der Waals surface area contributed by atoms with Crippen LogP contribution in [0.3, 0.4) is 0 Å². The number of nitrogens with zero attached hydrogens (tertiary/aromatic N) is 3. The van der Waals surface area contributed by atoms with Crippen LogP contribution in [0, 0.1) is 0 Å². The van der Waals surface area contributed by atoms with Crippen molar-refractivity contribution in [3.8, 4) is 0 Å². The first-order valence-corrected chi connectivity index (χ1v) is 9.48. The van der Waals surface area contributed by atoms with Crippen LogP contribution in [0.4, 0.5) is 10.5 Å². The predicted octanol–water partition coefficient (Wildman–Crippen LogP) is 2.90. The number of hydrogen-bond acceptors (Lipinski definition) is 4. The molecule has 7 nitrogen and oxygen atoms in total. The van der Waals surface area contributed by atoms with E-state index >= 15 is 0 Å². The van der Waals surface area contributed by atoms with Crippen LogP contribution in [0.1, 0.15) is 27.2 Å². The maximum atomic E-state index is 12.8. The van der Waals surface area contributed by atoms with Crippen LogP contribution >= 0.6 is 0 Å². The van der Waals surface area contributed by atoms with E-state index in [4.69, 9.17) is 4.74 Å². The molecule has 0 spiro atoms. The molecule has 1 fully saturated rings. The van der Waals surface area contributed by atoms with E-state index in [1.54, 1.807) is 15.8 Å². The van der Waals surface area contributed by atoms with Gasteiger partial charge in [0, 0.05) is 25.7 Å². The number of carbonyl (C=O) groups excluding carboxylic acids is 2. The molecular formula is C22H22N4O3. The van der Waals surface area contributed by atoms with Gasteiger partial charge >= 0.3 is 6.09 Å². The maximum absolute atomic E-state index is 12.8. The van der Waals surface area contributed by atoms with Crippen molar-refractivity contribution in [3.05, 3.63) is 83.2 Å². The highest BCUT2D eigenvalue weighted by Gasteiger charge is 2.23. The summed E-state index contributed by atoms with van der Waals surface area (Å²) < 4.78 is 6.73. The van der Waals surface area contributed by atoms with E-state index in [9.17, 15) is 9.59 Å². The Morgan fingerprint density at radius 1 is 1.14 bits per heavy atom. The van der Waals surface area contributed by atoms with Gasteiger partial charge in [0.25, 0.3) is 5.91 Å². The van der Waals surface area contributed by atoms with Crippen LogP contribution in [-0.2, 0) is 24.8 Å². The summed E-state index contributed by atoms with van der Waals surface area (Å²) in [6.45, 7) is 1.29. The normalized spacial score (nSPS) is 13.4. The highest BCUT2D eigenvalue weighted by Crippen LogP contribution is 2.20. The second-order valence-corrected chi connectivity index (χ2v) is 6.91. The summed E-state index contributed by atoms with van der Waals surface area (Å²) in [5.41, 5.74) is 4.22. The van der Waals surface area contributed by atoms with E-state index in [1.807, 2.05) is 61.6 Å². The van der Waals surface area contributed by atoms with E-state index in [2.05, 4.69) is 10.4 Å². The number of carbonyl (C=O) groups is 2. The largest absolute Gasteiger partial charge is 0.447 e. The molecule has 7 heteroatoms. The summed E-state index contributed by atoms with van der Waals surface area (Å²) >= 11 is 0. The van der Waals surface area contributed by atoms with Crippen molar-refractivity contribution < 1.29 is 14.3 Å². The first-order chi connectivity index (χ1) is 14.1. The molecule has 0 saturated carbocycles. The highest BCUT2D eigenvalue weighted by molar-refractivity contribution is 5.95. The zero-order chi connectivity index (χ0) is 20.2. The van der Waals surface area contributed by atoms with E-state index in [0.717, 1.165) is 22.5 Å². The summed E-state index contributed by atoms with van der Waals surface area (Å²) in [4.78, 5) is 26.1. The van der Waals surface area contributed by atoms with Crippen LogP contribution in [0.15, 0.2) is 60.8 Å². The van der Waals surface area contributed by atoms with Crippen molar-refractivity contribution in [2.45, 2.75) is 13.0 Å². The molecule has 0 bridgehead atoms. The van der Waals surface area contributed by atoms with Crippen molar-refractivity contribution in [2.75, 3.05) is 18.1 Å². The van der Waals surface area contributed by atoms with Crippen LogP contribution in [0.25, 0.3) is 0 Å². The molecule has 1 aliphatic rings. The molecule has 1 aliphatic heterocycles. The monoisotopic (exact) mass is 390 g/mol. The van der Waals surface area contributed by atoms with Crippen molar-refractivity contribution >= 4 is 17.7 Å². The van der Waals surface area contributed by atoms with Gasteiger partial charge in [-0.2, -0.15) is 5.10 Å². The number of rotatable bonds is 6. The zero-order valence-electron chi connectivity index (χ0n) is 16.2. The molecule has 2 aromatic carbocycles. The number of anilines is 1. The average Bonchev–Trinajstić information content (AvgIpc) is 3.33. The predicted molar refractivity (Wildman–Crippen MR) is 109 cm³/mol. The van der Waals surface area contributed by atoms with Crippen LogP contribution in [0.2, 0.25) is 0 Å². The van der Waals surface area contributed by atoms with Crippen LogP contribution in [0.5, 0.6) is 0 Å². The summed E-state index contributed by atoms with van der Waals surface area (Å²) in [5, 5.41) is 7.22. The number of hydrogen-bond donors (Lipinski definition) is 1. The zero-order valence-corrected chi connectivity index (χ0v) is 16.2. The third-order valence-electron chi connectivity index (χ3n) is 4.96. The lowest BCUT2D eigenvalue weighted by Crippen LogP contribution is -2.25. The molecule has 0 atom stereocenters. The molecule has 1 saturated heterocycles. The second-order valence-electron chi connectivity index (χ2n) is 6.91. The van der Waals surface area contributed by atoms with Crippen molar-refractivity contribution in [2.24, 2.45) is 7.05 Å². The molecule has 0 unspecified atom stereocenters. The Bertz CT molecular complexity index is 1030. The van der Waals surface area contributed by atoms with Gasteiger partial charge in [0.05, 0.1) is 24.0 Å². The smallest absolute Gasteiger partial charge is 0.414 e. The Morgan fingerprint density at radius 2 is 1.93 bits per heavy atom. The summed E-state index contributed by atoms with van der Waals surface area (Å²) in [6, 6.07) is 17.5. The molecule has 148 valence electrons. The Hall–Kier alpha value is -3.61. The van der Waals surface area contributed by atoms with Crippen molar-refractivity contribution in [3.63, 3.8) is 0 Å². The molecule has 29 heavy (non-hydrogen) atoms. The molecule has 4 rings (SSSR count). The summed E-state index contributed by atoms with van der Waals surface area (Å²) in [7, 11) is 1.84. The SMILES string of the molecule is Cn1ncc(C(=O)NCc2cccc(N3CCOC3=O)c2)c1Cc1ccccc1. The van der Waals surface area contributed by atoms with Gasteiger partial charge in [0.15, 0.2) is 0 Å². The minimum absolute atomic E-state index is 0.171. The number of aryl methyl sites for hydroxylation is 1.